The van der Waals surface area contributed by atoms with Gasteiger partial charge < -0.3 is 10.3 Å². The molecule has 0 aliphatic heterocycles. The van der Waals surface area contributed by atoms with E-state index in [1.807, 2.05) is 6.07 Å². The van der Waals surface area contributed by atoms with Crippen LogP contribution in [0.5, 0.6) is 0 Å². The van der Waals surface area contributed by atoms with E-state index in [2.05, 4.69) is 15.3 Å². The van der Waals surface area contributed by atoms with Crippen LogP contribution in [0.1, 0.15) is 12.7 Å². The largest absolute Gasteiger partial charge is 0.325 e. The Labute approximate surface area is 170 Å². The Kier molecular flexibility index (Phi) is 6.60. The molecular formula is C20H20F2N4O2S. The summed E-state index contributed by atoms with van der Waals surface area (Å²) in [6, 6.07) is 12.8. The van der Waals surface area contributed by atoms with Crippen molar-refractivity contribution in [3.63, 3.8) is 0 Å². The number of hydrogen-bond acceptors (Lipinski definition) is 5. The molecule has 29 heavy (non-hydrogen) atoms. The molecule has 6 nitrogen and oxygen atoms in total. The van der Waals surface area contributed by atoms with E-state index in [9.17, 15) is 18.4 Å². The number of amides is 1. The van der Waals surface area contributed by atoms with E-state index >= 15 is 0 Å². The molecule has 3 aromatic rings. The van der Waals surface area contributed by atoms with Gasteiger partial charge in [0, 0.05) is 10.6 Å². The number of fused-ring (bicyclic) bond motifs is 1. The lowest BCUT2D eigenvalue weighted by molar-refractivity contribution is -0.120. The van der Waals surface area contributed by atoms with Crippen molar-refractivity contribution < 1.29 is 13.6 Å². The summed E-state index contributed by atoms with van der Waals surface area (Å²) < 4.78 is 24.8. The highest BCUT2D eigenvalue weighted by atomic mass is 32.2. The number of hydrogen-bond donors (Lipinski definition) is 2. The van der Waals surface area contributed by atoms with E-state index in [-0.39, 0.29) is 18.0 Å². The lowest BCUT2D eigenvalue weighted by atomic mass is 10.2. The fourth-order valence-electron chi connectivity index (χ4n) is 2.75. The summed E-state index contributed by atoms with van der Waals surface area (Å²) in [5.41, 5.74) is 0.891. The van der Waals surface area contributed by atoms with Crippen molar-refractivity contribution in [1.82, 2.24) is 14.9 Å². The molecule has 0 aliphatic carbocycles. The standard InChI is InChI=1S/C20H20F2N4O2S/c1-12(18(27)23-13-7-9-14(10-8-13)29-20(21)22)26(2)11-17-24-16-6-4-3-5-15(16)19(28)25-17/h3-10,12,20H,11H2,1-2H3,(H,23,27)(H,24,25,28)/t12-/m1/s1. The maximum atomic E-state index is 12.5. The van der Waals surface area contributed by atoms with Crippen molar-refractivity contribution in [2.45, 2.75) is 30.2 Å². The molecule has 152 valence electrons. The molecule has 0 unspecified atom stereocenters. The van der Waals surface area contributed by atoms with E-state index in [4.69, 9.17) is 0 Å². The van der Waals surface area contributed by atoms with Crippen LogP contribution in [0.25, 0.3) is 10.9 Å². The second-order valence-corrected chi connectivity index (χ2v) is 7.58. The van der Waals surface area contributed by atoms with Crippen molar-refractivity contribution in [3.05, 3.63) is 64.7 Å². The van der Waals surface area contributed by atoms with Gasteiger partial charge in [-0.15, -0.1) is 0 Å². The number of benzene rings is 2. The zero-order chi connectivity index (χ0) is 21.0. The topological polar surface area (TPSA) is 78.1 Å². The summed E-state index contributed by atoms with van der Waals surface area (Å²) in [5, 5.41) is 3.27. The Morgan fingerprint density at radius 1 is 1.21 bits per heavy atom. The molecule has 0 saturated heterocycles. The van der Waals surface area contributed by atoms with Gasteiger partial charge in [-0.25, -0.2) is 4.98 Å². The molecule has 2 aromatic carbocycles. The van der Waals surface area contributed by atoms with Crippen LogP contribution in [0.2, 0.25) is 0 Å². The predicted octanol–water partition coefficient (Wildman–Crippen LogP) is 3.70. The number of nitrogens with zero attached hydrogens (tertiary/aromatic N) is 2. The number of alkyl halides is 2. The number of carbonyl (C=O) groups is 1. The van der Waals surface area contributed by atoms with Crippen LogP contribution < -0.4 is 10.9 Å². The van der Waals surface area contributed by atoms with Crippen LogP contribution in [0.3, 0.4) is 0 Å². The number of thioether (sulfide) groups is 1. The fourth-order valence-corrected chi connectivity index (χ4v) is 3.25. The molecule has 0 radical (unpaired) electrons. The van der Waals surface area contributed by atoms with Crippen LogP contribution in [-0.4, -0.2) is 39.6 Å². The van der Waals surface area contributed by atoms with Crippen molar-refractivity contribution in [2.24, 2.45) is 0 Å². The van der Waals surface area contributed by atoms with Crippen LogP contribution in [0, 0.1) is 0 Å². The third-order valence-electron chi connectivity index (χ3n) is 4.45. The van der Waals surface area contributed by atoms with E-state index in [1.54, 1.807) is 49.2 Å². The van der Waals surface area contributed by atoms with Crippen LogP contribution in [0.15, 0.2) is 58.2 Å². The first kappa shape index (κ1) is 20.9. The number of para-hydroxylation sites is 1. The number of likely N-dealkylation sites (N-methyl/N-ethyl adjacent to an activating group) is 1. The summed E-state index contributed by atoms with van der Waals surface area (Å²) in [4.78, 5) is 34.1. The maximum Gasteiger partial charge on any atom is 0.288 e. The molecule has 0 aliphatic rings. The highest BCUT2D eigenvalue weighted by Gasteiger charge is 2.19. The van der Waals surface area contributed by atoms with Gasteiger partial charge in [-0.2, -0.15) is 8.78 Å². The molecule has 3 rings (SSSR count). The van der Waals surface area contributed by atoms with E-state index in [0.29, 0.717) is 39.1 Å². The second kappa shape index (κ2) is 9.15. The Bertz CT molecular complexity index is 1060. The first-order chi connectivity index (χ1) is 13.8. The molecule has 1 heterocycles. The van der Waals surface area contributed by atoms with Crippen molar-refractivity contribution >= 4 is 34.3 Å². The third kappa shape index (κ3) is 5.39. The van der Waals surface area contributed by atoms with Crippen molar-refractivity contribution in [3.8, 4) is 0 Å². The Morgan fingerprint density at radius 3 is 2.59 bits per heavy atom. The minimum Gasteiger partial charge on any atom is -0.325 e. The SMILES string of the molecule is C[C@H](C(=O)Nc1ccc(SC(F)F)cc1)N(C)Cc1nc2ccccc2c(=O)[nH]1. The number of anilines is 1. The number of halogens is 2. The number of rotatable bonds is 7. The van der Waals surface area contributed by atoms with Gasteiger partial charge in [-0.3, -0.25) is 14.5 Å². The molecule has 9 heteroatoms. The normalized spacial score (nSPS) is 12.5. The quantitative estimate of drug-likeness (QED) is 0.572. The maximum absolute atomic E-state index is 12.5. The first-order valence-electron chi connectivity index (χ1n) is 8.87. The van der Waals surface area contributed by atoms with Gasteiger partial charge in [0.15, 0.2) is 0 Å². The Morgan fingerprint density at radius 2 is 1.90 bits per heavy atom. The zero-order valence-corrected chi connectivity index (χ0v) is 16.7. The minimum atomic E-state index is -2.49. The van der Waals surface area contributed by atoms with E-state index in [1.165, 1.54) is 12.1 Å². The smallest absolute Gasteiger partial charge is 0.288 e. The number of aromatic amines is 1. The van der Waals surface area contributed by atoms with Gasteiger partial charge >= 0.3 is 0 Å². The highest BCUT2D eigenvalue weighted by molar-refractivity contribution is 7.99. The lowest BCUT2D eigenvalue weighted by Crippen LogP contribution is -2.39. The summed E-state index contributed by atoms with van der Waals surface area (Å²) in [5.74, 6) is -2.28. The average molecular weight is 418 g/mol. The van der Waals surface area contributed by atoms with Gasteiger partial charge in [0.1, 0.15) is 5.82 Å². The van der Waals surface area contributed by atoms with Crippen LogP contribution >= 0.6 is 11.8 Å². The number of aromatic nitrogens is 2. The number of H-pyrrole nitrogens is 1. The van der Waals surface area contributed by atoms with Gasteiger partial charge in [-0.1, -0.05) is 23.9 Å². The predicted molar refractivity (Wildman–Crippen MR) is 110 cm³/mol. The molecule has 1 atom stereocenters. The molecule has 1 amide bonds. The molecular weight excluding hydrogens is 398 g/mol. The fraction of sp³-hybridized carbons (Fsp3) is 0.250. The number of nitrogens with one attached hydrogen (secondary N) is 2. The highest BCUT2D eigenvalue weighted by Crippen LogP contribution is 2.26. The summed E-state index contributed by atoms with van der Waals surface area (Å²) in [7, 11) is 1.75. The van der Waals surface area contributed by atoms with E-state index < -0.39 is 11.8 Å². The zero-order valence-electron chi connectivity index (χ0n) is 15.9. The van der Waals surface area contributed by atoms with Gasteiger partial charge in [0.2, 0.25) is 5.91 Å². The molecule has 0 spiro atoms. The third-order valence-corrected chi connectivity index (χ3v) is 5.17. The Balaban J connectivity index is 1.64. The molecule has 0 bridgehead atoms. The van der Waals surface area contributed by atoms with Crippen molar-refractivity contribution in [1.29, 1.82) is 0 Å². The lowest BCUT2D eigenvalue weighted by Gasteiger charge is -2.23. The minimum absolute atomic E-state index is 0.224. The van der Waals surface area contributed by atoms with Crippen LogP contribution in [-0.2, 0) is 11.3 Å². The number of carbonyl (C=O) groups excluding carboxylic acids is 1. The monoisotopic (exact) mass is 418 g/mol. The van der Waals surface area contributed by atoms with Gasteiger partial charge in [-0.05, 0) is 50.4 Å². The van der Waals surface area contributed by atoms with E-state index in [0.717, 1.165) is 0 Å². The van der Waals surface area contributed by atoms with Gasteiger partial charge in [0.25, 0.3) is 11.3 Å². The summed E-state index contributed by atoms with van der Waals surface area (Å²) in [6.45, 7) is 2.01. The average Bonchev–Trinajstić information content (AvgIpc) is 2.68. The Hall–Kier alpha value is -2.78. The second-order valence-electron chi connectivity index (χ2n) is 6.51. The molecule has 1 aromatic heterocycles. The van der Waals surface area contributed by atoms with Crippen LogP contribution in [0.4, 0.5) is 14.5 Å². The summed E-state index contributed by atoms with van der Waals surface area (Å²) >= 11 is 0.450. The molecule has 2 N–H and O–H groups in total. The van der Waals surface area contributed by atoms with Crippen molar-refractivity contribution in [2.75, 3.05) is 12.4 Å². The molecule has 0 fully saturated rings. The first-order valence-corrected chi connectivity index (χ1v) is 9.75. The molecule has 0 saturated carbocycles. The van der Waals surface area contributed by atoms with Gasteiger partial charge in [0.05, 0.1) is 23.5 Å². The summed E-state index contributed by atoms with van der Waals surface area (Å²) in [6.07, 6.45) is 0.